The van der Waals surface area contributed by atoms with Crippen LogP contribution in [0.3, 0.4) is 0 Å². The van der Waals surface area contributed by atoms with Crippen LogP contribution in [0, 0.1) is 0 Å². The van der Waals surface area contributed by atoms with Gasteiger partial charge in [-0.15, -0.1) is 0 Å². The van der Waals surface area contributed by atoms with Gasteiger partial charge in [0.1, 0.15) is 5.65 Å². The third kappa shape index (κ3) is 5.52. The number of allylic oxidation sites excluding steroid dienone is 4. The lowest BCUT2D eigenvalue weighted by Gasteiger charge is -2.21. The summed E-state index contributed by atoms with van der Waals surface area (Å²) < 4.78 is 2.28. The zero-order chi connectivity index (χ0) is 37.7. The van der Waals surface area contributed by atoms with E-state index in [9.17, 15) is 0 Å². The molecule has 0 fully saturated rings. The van der Waals surface area contributed by atoms with Crippen molar-refractivity contribution in [3.63, 3.8) is 0 Å². The Bertz CT molecular complexity index is 3210. The third-order valence-electron chi connectivity index (χ3n) is 11.7. The van der Waals surface area contributed by atoms with Crippen molar-refractivity contribution >= 4 is 54.6 Å². The zero-order valence-corrected chi connectivity index (χ0v) is 31.4. The van der Waals surface area contributed by atoms with Crippen LogP contribution in [-0.4, -0.2) is 9.55 Å². The molecule has 2 heteroatoms. The van der Waals surface area contributed by atoms with E-state index in [-0.39, 0.29) is 0 Å². The van der Waals surface area contributed by atoms with Gasteiger partial charge in [0.05, 0.1) is 5.52 Å². The van der Waals surface area contributed by atoms with E-state index in [1.54, 1.807) is 0 Å². The Morgan fingerprint density at radius 3 is 1.74 bits per heavy atom. The summed E-state index contributed by atoms with van der Waals surface area (Å²) in [6.45, 7) is 0. The zero-order valence-electron chi connectivity index (χ0n) is 31.4. The minimum atomic E-state index is 0.972. The lowest BCUT2D eigenvalue weighted by Crippen LogP contribution is -1.98. The van der Waals surface area contributed by atoms with Crippen LogP contribution in [0.5, 0.6) is 0 Å². The predicted molar refractivity (Wildman–Crippen MR) is 242 cm³/mol. The lowest BCUT2D eigenvalue weighted by atomic mass is 9.82. The molecule has 0 unspecified atom stereocenters. The number of fused-ring (bicyclic) bond motifs is 5. The molecule has 0 spiro atoms. The molecule has 0 atom stereocenters. The third-order valence-corrected chi connectivity index (χ3v) is 11.7. The van der Waals surface area contributed by atoms with Crippen molar-refractivity contribution in [1.29, 1.82) is 0 Å². The molecule has 0 saturated heterocycles. The van der Waals surface area contributed by atoms with E-state index in [0.29, 0.717) is 0 Å². The van der Waals surface area contributed by atoms with Crippen LogP contribution >= 0.6 is 0 Å². The van der Waals surface area contributed by atoms with Gasteiger partial charge in [-0.05, 0) is 133 Å². The van der Waals surface area contributed by atoms with E-state index >= 15 is 0 Å². The normalized spacial score (nSPS) is 13.0. The Morgan fingerprint density at radius 1 is 0.421 bits per heavy atom. The van der Waals surface area contributed by atoms with Gasteiger partial charge in [-0.25, -0.2) is 4.98 Å². The summed E-state index contributed by atoms with van der Waals surface area (Å²) in [6, 6.07) is 68.6. The van der Waals surface area contributed by atoms with Crippen molar-refractivity contribution in [1.82, 2.24) is 9.55 Å². The fourth-order valence-electron chi connectivity index (χ4n) is 9.24. The first-order valence-electron chi connectivity index (χ1n) is 19.9. The summed E-state index contributed by atoms with van der Waals surface area (Å²) in [4.78, 5) is 4.87. The highest BCUT2D eigenvalue weighted by Gasteiger charge is 2.21. The molecule has 1 aliphatic carbocycles. The van der Waals surface area contributed by atoms with Crippen molar-refractivity contribution < 1.29 is 0 Å². The standard InChI is InChI=1S/C55H38N2/c1-4-17-37(18-5-1)53-46-27-14-15-28-47(46)54(38-19-6-2-7-20-38)51-36-39(30-32-48(51)53)42-23-10-12-25-44(42)45-26-13-11-24-43(45)40-31-33-52-50(35-40)49-29-16-34-56-55(49)57(52)41-21-8-3-9-22-41/h1-12,14-25,27-36H,13,26H2. The van der Waals surface area contributed by atoms with Gasteiger partial charge in [0.25, 0.3) is 0 Å². The molecule has 0 N–H and O–H groups in total. The maximum atomic E-state index is 4.87. The minimum Gasteiger partial charge on any atom is -0.294 e. The van der Waals surface area contributed by atoms with E-state index < -0.39 is 0 Å². The number of aromatic nitrogens is 2. The Kier molecular flexibility index (Phi) is 8.00. The fourth-order valence-corrected chi connectivity index (χ4v) is 9.24. The molecule has 0 radical (unpaired) electrons. The highest BCUT2D eigenvalue weighted by Crippen LogP contribution is 2.46. The van der Waals surface area contributed by atoms with Gasteiger partial charge in [0, 0.05) is 22.7 Å². The molecule has 0 saturated carbocycles. The topological polar surface area (TPSA) is 17.8 Å². The number of rotatable bonds is 6. The Labute approximate surface area is 332 Å². The lowest BCUT2D eigenvalue weighted by molar-refractivity contribution is 1.06. The van der Waals surface area contributed by atoms with Gasteiger partial charge < -0.3 is 0 Å². The van der Waals surface area contributed by atoms with Crippen LogP contribution in [0.25, 0.3) is 93.7 Å². The molecule has 268 valence electrons. The molecule has 1 aliphatic rings. The summed E-state index contributed by atoms with van der Waals surface area (Å²) in [5.41, 5.74) is 15.9. The number of benzene rings is 8. The Balaban J connectivity index is 1.13. The number of para-hydroxylation sites is 1. The molecular formula is C55H38N2. The van der Waals surface area contributed by atoms with Gasteiger partial charge in [-0.3, -0.25) is 4.57 Å². The molecule has 10 aromatic rings. The van der Waals surface area contributed by atoms with Gasteiger partial charge >= 0.3 is 0 Å². The van der Waals surface area contributed by atoms with E-state index in [1.807, 2.05) is 12.3 Å². The van der Waals surface area contributed by atoms with Crippen LogP contribution < -0.4 is 0 Å². The van der Waals surface area contributed by atoms with Gasteiger partial charge in [-0.1, -0.05) is 158 Å². The second kappa shape index (κ2) is 13.8. The van der Waals surface area contributed by atoms with E-state index in [2.05, 4.69) is 199 Å². The number of nitrogens with zero attached hydrogens (tertiary/aromatic N) is 2. The second-order valence-corrected chi connectivity index (χ2v) is 14.9. The van der Waals surface area contributed by atoms with Crippen molar-refractivity contribution in [3.8, 4) is 39.1 Å². The molecule has 57 heavy (non-hydrogen) atoms. The van der Waals surface area contributed by atoms with E-state index in [0.717, 1.165) is 35.1 Å². The van der Waals surface area contributed by atoms with Crippen LogP contribution in [0.1, 0.15) is 24.0 Å². The summed E-state index contributed by atoms with van der Waals surface area (Å²) in [7, 11) is 0. The first-order valence-corrected chi connectivity index (χ1v) is 19.9. The maximum Gasteiger partial charge on any atom is 0.145 e. The summed E-state index contributed by atoms with van der Waals surface area (Å²) >= 11 is 0. The van der Waals surface area contributed by atoms with E-state index in [4.69, 9.17) is 4.98 Å². The molecule has 0 aliphatic heterocycles. The molecule has 2 nitrogen and oxygen atoms in total. The summed E-state index contributed by atoms with van der Waals surface area (Å²) in [5, 5.41) is 7.43. The molecule has 0 amide bonds. The van der Waals surface area contributed by atoms with Crippen molar-refractivity contribution in [2.24, 2.45) is 0 Å². The smallest absolute Gasteiger partial charge is 0.145 e. The number of hydrogen-bond acceptors (Lipinski definition) is 1. The molecule has 2 heterocycles. The van der Waals surface area contributed by atoms with Gasteiger partial charge in [0.2, 0.25) is 0 Å². The molecule has 0 bridgehead atoms. The molecule has 11 rings (SSSR count). The van der Waals surface area contributed by atoms with Crippen molar-refractivity contribution in [2.75, 3.05) is 0 Å². The van der Waals surface area contributed by atoms with Crippen LogP contribution in [-0.2, 0) is 0 Å². The van der Waals surface area contributed by atoms with Gasteiger partial charge in [-0.2, -0.15) is 0 Å². The average Bonchev–Trinajstić information content (AvgIpc) is 3.62. The Morgan fingerprint density at radius 2 is 1.00 bits per heavy atom. The summed E-state index contributed by atoms with van der Waals surface area (Å²) in [6.07, 6.45) is 8.55. The largest absolute Gasteiger partial charge is 0.294 e. The number of pyridine rings is 1. The Hall–Kier alpha value is -7.29. The molecule has 2 aromatic heterocycles. The average molecular weight is 727 g/mol. The fraction of sp³-hybridized carbons (Fsp3) is 0.0364. The first-order chi connectivity index (χ1) is 28.3. The minimum absolute atomic E-state index is 0.972. The van der Waals surface area contributed by atoms with Crippen LogP contribution in [0.2, 0.25) is 0 Å². The SMILES string of the molecule is C1=CC(c2ccc3c(c2)c2cccnc2n3-c2ccccc2)=C(c2ccccc2-c2ccc3c(-c4ccccc4)c4ccccc4c(-c4ccccc4)c3c2)CC1. The van der Waals surface area contributed by atoms with Crippen LogP contribution in [0.15, 0.2) is 206 Å². The van der Waals surface area contributed by atoms with Crippen molar-refractivity contribution in [3.05, 3.63) is 218 Å². The van der Waals surface area contributed by atoms with E-state index in [1.165, 1.54) is 82.6 Å². The van der Waals surface area contributed by atoms with Crippen molar-refractivity contribution in [2.45, 2.75) is 12.8 Å². The second-order valence-electron chi connectivity index (χ2n) is 14.9. The highest BCUT2D eigenvalue weighted by molar-refractivity contribution is 6.22. The monoisotopic (exact) mass is 726 g/mol. The predicted octanol–water partition coefficient (Wildman–Crippen LogP) is 14.7. The first kappa shape index (κ1) is 33.1. The molecular weight excluding hydrogens is 689 g/mol. The highest BCUT2D eigenvalue weighted by atomic mass is 15.0. The molecule has 8 aromatic carbocycles. The summed E-state index contributed by atoms with van der Waals surface area (Å²) in [5.74, 6) is 0. The van der Waals surface area contributed by atoms with Gasteiger partial charge in [0.15, 0.2) is 0 Å². The quantitative estimate of drug-likeness (QED) is 0.156. The maximum absolute atomic E-state index is 4.87. The number of hydrogen-bond donors (Lipinski definition) is 0. The van der Waals surface area contributed by atoms with Crippen LogP contribution in [0.4, 0.5) is 0 Å².